The fourth-order valence-electron chi connectivity index (χ4n) is 3.65. The van der Waals surface area contributed by atoms with Crippen LogP contribution in [-0.4, -0.2) is 23.0 Å². The van der Waals surface area contributed by atoms with Gasteiger partial charge in [-0.1, -0.05) is 18.2 Å². The number of benzene rings is 1. The molecule has 4 rings (SSSR count). The van der Waals surface area contributed by atoms with Crippen LogP contribution < -0.4 is 10.1 Å². The Kier molecular flexibility index (Phi) is 5.88. The number of anilines is 1. The number of pyridine rings is 2. The van der Waals surface area contributed by atoms with Gasteiger partial charge in [0.25, 0.3) is 0 Å². The number of hydrogen-bond donors (Lipinski definition) is 1. The molecule has 0 fully saturated rings. The number of halogens is 4. The molecular formula is C24H19F4N3O2. The van der Waals surface area contributed by atoms with Crippen LogP contribution in [0, 0.1) is 5.82 Å². The summed E-state index contributed by atoms with van der Waals surface area (Å²) in [5.41, 5.74) is 3.32. The van der Waals surface area contributed by atoms with Gasteiger partial charge in [0, 0.05) is 18.2 Å². The normalized spacial score (nSPS) is 12.8. The lowest BCUT2D eigenvalue weighted by Gasteiger charge is -2.13. The first-order chi connectivity index (χ1) is 15.7. The van der Waals surface area contributed by atoms with Crippen molar-refractivity contribution in [2.75, 3.05) is 12.4 Å². The maximum atomic E-state index is 14.7. The number of nitrogens with zero attached hydrogens (tertiary/aromatic N) is 2. The number of ether oxygens (including phenoxy) is 1. The van der Waals surface area contributed by atoms with Gasteiger partial charge in [0.15, 0.2) is 0 Å². The Morgan fingerprint density at radius 3 is 2.61 bits per heavy atom. The zero-order valence-electron chi connectivity index (χ0n) is 17.8. The molecule has 170 valence electrons. The summed E-state index contributed by atoms with van der Waals surface area (Å²) in [5, 5.41) is 2.32. The Morgan fingerprint density at radius 1 is 1.12 bits per heavy atom. The Bertz CT molecular complexity index is 1270. The first-order valence-corrected chi connectivity index (χ1v) is 10.0. The highest BCUT2D eigenvalue weighted by Crippen LogP contribution is 2.36. The van der Waals surface area contributed by atoms with Crippen molar-refractivity contribution in [3.63, 3.8) is 0 Å². The zero-order chi connectivity index (χ0) is 23.8. The molecule has 3 aromatic rings. The molecule has 0 spiro atoms. The Labute approximate surface area is 187 Å². The van der Waals surface area contributed by atoms with Crippen molar-refractivity contribution in [2.45, 2.75) is 25.9 Å². The molecule has 0 saturated carbocycles. The SMILES string of the molecule is COc1ncc(NC(=O)Cc2ccc(-c3cnc4c(c3)C(C)=CC4)cc2F)cc1C(F)(F)F. The molecule has 1 aliphatic rings. The van der Waals surface area contributed by atoms with Crippen molar-refractivity contribution in [3.05, 3.63) is 77.0 Å². The first-order valence-electron chi connectivity index (χ1n) is 10.0. The van der Waals surface area contributed by atoms with E-state index in [0.29, 0.717) is 5.56 Å². The lowest BCUT2D eigenvalue weighted by Crippen LogP contribution is -2.17. The summed E-state index contributed by atoms with van der Waals surface area (Å²) < 4.78 is 58.7. The molecule has 0 saturated heterocycles. The van der Waals surface area contributed by atoms with E-state index in [0.717, 1.165) is 48.2 Å². The van der Waals surface area contributed by atoms with Crippen molar-refractivity contribution in [3.8, 4) is 17.0 Å². The minimum Gasteiger partial charge on any atom is -0.481 e. The van der Waals surface area contributed by atoms with Crippen LogP contribution in [0.1, 0.15) is 29.3 Å². The fourth-order valence-corrected chi connectivity index (χ4v) is 3.65. The van der Waals surface area contributed by atoms with Gasteiger partial charge in [-0.05, 0) is 47.4 Å². The average molecular weight is 457 g/mol. The van der Waals surface area contributed by atoms with E-state index in [1.165, 1.54) is 12.1 Å². The topological polar surface area (TPSA) is 64.1 Å². The molecule has 1 amide bonds. The van der Waals surface area contributed by atoms with Crippen LogP contribution in [0.5, 0.6) is 5.88 Å². The van der Waals surface area contributed by atoms with Gasteiger partial charge in [-0.15, -0.1) is 0 Å². The number of alkyl halides is 3. The van der Waals surface area contributed by atoms with Gasteiger partial charge in [0.05, 0.1) is 31.1 Å². The van der Waals surface area contributed by atoms with Crippen molar-refractivity contribution in [1.29, 1.82) is 0 Å². The number of amides is 1. The maximum absolute atomic E-state index is 14.7. The van der Waals surface area contributed by atoms with Crippen LogP contribution in [0.4, 0.5) is 23.2 Å². The summed E-state index contributed by atoms with van der Waals surface area (Å²) >= 11 is 0. The van der Waals surface area contributed by atoms with Gasteiger partial charge in [-0.2, -0.15) is 13.2 Å². The van der Waals surface area contributed by atoms with Crippen molar-refractivity contribution in [2.24, 2.45) is 0 Å². The maximum Gasteiger partial charge on any atom is 0.421 e. The summed E-state index contributed by atoms with van der Waals surface area (Å²) in [6, 6.07) is 7.15. The van der Waals surface area contributed by atoms with E-state index in [4.69, 9.17) is 0 Å². The number of carbonyl (C=O) groups excluding carboxylic acids is 1. The zero-order valence-corrected chi connectivity index (χ0v) is 17.8. The van der Waals surface area contributed by atoms with E-state index in [9.17, 15) is 22.4 Å². The van der Waals surface area contributed by atoms with Crippen LogP contribution >= 0.6 is 0 Å². The molecule has 1 aliphatic carbocycles. The third kappa shape index (κ3) is 4.72. The van der Waals surface area contributed by atoms with E-state index >= 15 is 0 Å². The predicted octanol–water partition coefficient (Wildman–Crippen LogP) is 5.45. The molecule has 1 aromatic carbocycles. The minimum atomic E-state index is -4.71. The van der Waals surface area contributed by atoms with Crippen LogP contribution in [0.2, 0.25) is 0 Å². The highest BCUT2D eigenvalue weighted by Gasteiger charge is 2.35. The molecule has 9 heteroatoms. The molecule has 0 aliphatic heterocycles. The molecule has 1 N–H and O–H groups in total. The second-order valence-electron chi connectivity index (χ2n) is 7.62. The number of carbonyl (C=O) groups is 1. The smallest absolute Gasteiger partial charge is 0.421 e. The predicted molar refractivity (Wildman–Crippen MR) is 115 cm³/mol. The van der Waals surface area contributed by atoms with Gasteiger partial charge in [0.1, 0.15) is 11.4 Å². The summed E-state index contributed by atoms with van der Waals surface area (Å²) in [6.07, 6.45) is 0.521. The van der Waals surface area contributed by atoms with Crippen LogP contribution in [0.25, 0.3) is 16.7 Å². The van der Waals surface area contributed by atoms with Crippen LogP contribution in [-0.2, 0) is 23.8 Å². The number of methoxy groups -OCH3 is 1. The lowest BCUT2D eigenvalue weighted by atomic mass is 10.0. The quantitative estimate of drug-likeness (QED) is 0.518. The fraction of sp³-hybridized carbons (Fsp3) is 0.208. The van der Waals surface area contributed by atoms with E-state index in [2.05, 4.69) is 26.1 Å². The highest BCUT2D eigenvalue weighted by atomic mass is 19.4. The van der Waals surface area contributed by atoms with Crippen LogP contribution in [0.15, 0.2) is 48.8 Å². The second kappa shape index (κ2) is 8.65. The van der Waals surface area contributed by atoms with Crippen molar-refractivity contribution < 1.29 is 27.1 Å². The minimum absolute atomic E-state index is 0.110. The molecule has 5 nitrogen and oxygen atoms in total. The third-order valence-electron chi connectivity index (χ3n) is 5.37. The van der Waals surface area contributed by atoms with E-state index in [1.807, 2.05) is 13.0 Å². The van der Waals surface area contributed by atoms with Crippen molar-refractivity contribution in [1.82, 2.24) is 9.97 Å². The Morgan fingerprint density at radius 2 is 1.91 bits per heavy atom. The molecule has 0 radical (unpaired) electrons. The molecule has 2 heterocycles. The number of rotatable bonds is 5. The average Bonchev–Trinajstić information content (AvgIpc) is 3.14. The molecule has 2 aromatic heterocycles. The molecule has 0 atom stereocenters. The summed E-state index contributed by atoms with van der Waals surface area (Å²) in [5.74, 6) is -1.88. The lowest BCUT2D eigenvalue weighted by molar-refractivity contribution is -0.139. The number of fused-ring (bicyclic) bond motifs is 1. The standard InChI is InChI=1S/C24H19F4N3O2/c1-13-3-6-21-18(13)7-16(11-29-21)14-4-5-15(20(25)8-14)9-22(32)31-17-10-19(24(26,27)28)23(33-2)30-12-17/h3-5,7-8,10-12H,6,9H2,1-2H3,(H,31,32). The van der Waals surface area contributed by atoms with Gasteiger partial charge in [-0.3, -0.25) is 9.78 Å². The van der Waals surface area contributed by atoms with E-state index in [1.54, 1.807) is 12.3 Å². The number of hydrogen-bond acceptors (Lipinski definition) is 4. The molecular weight excluding hydrogens is 438 g/mol. The number of aromatic nitrogens is 2. The summed E-state index contributed by atoms with van der Waals surface area (Å²) in [6.45, 7) is 2.00. The Hall–Kier alpha value is -3.75. The largest absolute Gasteiger partial charge is 0.481 e. The summed E-state index contributed by atoms with van der Waals surface area (Å²) in [7, 11) is 1.07. The third-order valence-corrected chi connectivity index (χ3v) is 5.37. The summed E-state index contributed by atoms with van der Waals surface area (Å²) in [4.78, 5) is 20.3. The first kappa shape index (κ1) is 22.4. The van der Waals surface area contributed by atoms with E-state index in [-0.39, 0.29) is 17.7 Å². The van der Waals surface area contributed by atoms with Gasteiger partial charge in [0.2, 0.25) is 11.8 Å². The van der Waals surface area contributed by atoms with Gasteiger partial charge in [-0.25, -0.2) is 9.37 Å². The molecule has 33 heavy (non-hydrogen) atoms. The number of nitrogens with one attached hydrogen (secondary N) is 1. The van der Waals surface area contributed by atoms with E-state index < -0.39 is 29.3 Å². The van der Waals surface area contributed by atoms with Gasteiger partial charge >= 0.3 is 6.18 Å². The second-order valence-corrected chi connectivity index (χ2v) is 7.62. The molecule has 0 unspecified atom stereocenters. The molecule has 0 bridgehead atoms. The highest BCUT2D eigenvalue weighted by molar-refractivity contribution is 5.92. The Balaban J connectivity index is 1.50. The number of allylic oxidation sites excluding steroid dienone is 2. The van der Waals surface area contributed by atoms with Gasteiger partial charge < -0.3 is 10.1 Å². The monoisotopic (exact) mass is 457 g/mol. The van der Waals surface area contributed by atoms with Crippen molar-refractivity contribution >= 4 is 17.2 Å². The van der Waals surface area contributed by atoms with Crippen LogP contribution in [0.3, 0.4) is 0 Å².